The monoisotopic (exact) mass is 316 g/mol. The van der Waals surface area contributed by atoms with E-state index in [-0.39, 0.29) is 0 Å². The molecule has 1 aliphatic rings. The molecule has 0 spiro atoms. The van der Waals surface area contributed by atoms with Crippen molar-refractivity contribution in [2.45, 2.75) is 32.5 Å². The second-order valence-electron chi connectivity index (χ2n) is 4.84. The molecule has 1 saturated heterocycles. The van der Waals surface area contributed by atoms with Crippen LogP contribution in [0.15, 0.2) is 22.7 Å². The van der Waals surface area contributed by atoms with E-state index in [0.29, 0.717) is 12.1 Å². The van der Waals surface area contributed by atoms with Crippen molar-refractivity contribution in [1.29, 1.82) is 0 Å². The summed E-state index contributed by atoms with van der Waals surface area (Å²) >= 11 is 9.54. The highest BCUT2D eigenvalue weighted by Gasteiger charge is 2.22. The number of halogens is 2. The molecule has 1 fully saturated rings. The van der Waals surface area contributed by atoms with Gasteiger partial charge in [-0.15, -0.1) is 0 Å². The lowest BCUT2D eigenvalue weighted by atomic mass is 10.1. The molecular formula is C13H18BrClN2. The van der Waals surface area contributed by atoms with Gasteiger partial charge in [0.05, 0.1) is 5.02 Å². The number of hydrogen-bond acceptors (Lipinski definition) is 2. The SMILES string of the molecule is CC1CN(Cc2ccc(Br)c(Cl)c2)C(C)CN1. The van der Waals surface area contributed by atoms with Crippen molar-refractivity contribution in [3.05, 3.63) is 33.3 Å². The Bertz CT molecular complexity index is 397. The van der Waals surface area contributed by atoms with Gasteiger partial charge in [-0.2, -0.15) is 0 Å². The molecule has 2 nitrogen and oxygen atoms in total. The largest absolute Gasteiger partial charge is 0.311 e. The minimum absolute atomic E-state index is 0.567. The molecule has 1 N–H and O–H groups in total. The van der Waals surface area contributed by atoms with Gasteiger partial charge in [0.25, 0.3) is 0 Å². The van der Waals surface area contributed by atoms with E-state index in [0.717, 1.165) is 29.1 Å². The summed E-state index contributed by atoms with van der Waals surface area (Å²) in [7, 11) is 0. The highest BCUT2D eigenvalue weighted by atomic mass is 79.9. The molecule has 17 heavy (non-hydrogen) atoms. The number of piperazine rings is 1. The summed E-state index contributed by atoms with van der Waals surface area (Å²) in [6, 6.07) is 7.35. The Morgan fingerprint density at radius 2 is 2.24 bits per heavy atom. The van der Waals surface area contributed by atoms with Gasteiger partial charge < -0.3 is 5.32 Å². The van der Waals surface area contributed by atoms with Gasteiger partial charge in [-0.05, 0) is 47.5 Å². The third-order valence-electron chi connectivity index (χ3n) is 3.26. The first kappa shape index (κ1) is 13.3. The van der Waals surface area contributed by atoms with E-state index < -0.39 is 0 Å². The Kier molecular flexibility index (Phi) is 4.47. The zero-order valence-electron chi connectivity index (χ0n) is 10.2. The molecule has 0 aromatic heterocycles. The summed E-state index contributed by atoms with van der Waals surface area (Å²) in [5.41, 5.74) is 1.28. The third-order valence-corrected chi connectivity index (χ3v) is 4.50. The minimum atomic E-state index is 0.567. The molecule has 2 atom stereocenters. The van der Waals surface area contributed by atoms with Crippen molar-refractivity contribution >= 4 is 27.5 Å². The first-order chi connectivity index (χ1) is 8.06. The Labute approximate surface area is 116 Å². The van der Waals surface area contributed by atoms with Gasteiger partial charge in [0, 0.05) is 36.2 Å². The fraction of sp³-hybridized carbons (Fsp3) is 0.538. The van der Waals surface area contributed by atoms with Crippen molar-refractivity contribution in [1.82, 2.24) is 10.2 Å². The van der Waals surface area contributed by atoms with E-state index in [1.165, 1.54) is 5.56 Å². The molecule has 1 aromatic carbocycles. The number of nitrogens with one attached hydrogen (secondary N) is 1. The number of rotatable bonds is 2. The van der Waals surface area contributed by atoms with Gasteiger partial charge in [-0.3, -0.25) is 4.90 Å². The Balaban J connectivity index is 2.06. The number of hydrogen-bond donors (Lipinski definition) is 1. The smallest absolute Gasteiger partial charge is 0.0551 e. The van der Waals surface area contributed by atoms with Gasteiger partial charge >= 0.3 is 0 Å². The van der Waals surface area contributed by atoms with Crippen LogP contribution in [-0.2, 0) is 6.54 Å². The molecule has 1 aliphatic heterocycles. The summed E-state index contributed by atoms with van der Waals surface area (Å²) in [5, 5.41) is 4.28. The maximum absolute atomic E-state index is 6.12. The van der Waals surface area contributed by atoms with Crippen molar-refractivity contribution < 1.29 is 0 Å². The second kappa shape index (κ2) is 5.70. The molecule has 2 unspecified atom stereocenters. The summed E-state index contributed by atoms with van der Waals surface area (Å²) in [4.78, 5) is 2.50. The van der Waals surface area contributed by atoms with Crippen molar-refractivity contribution in [2.24, 2.45) is 0 Å². The van der Waals surface area contributed by atoms with Crippen LogP contribution in [0.2, 0.25) is 5.02 Å². The maximum atomic E-state index is 6.12. The lowest BCUT2D eigenvalue weighted by Gasteiger charge is -2.37. The number of nitrogens with zero attached hydrogens (tertiary/aromatic N) is 1. The zero-order valence-corrected chi connectivity index (χ0v) is 12.6. The highest BCUT2D eigenvalue weighted by Crippen LogP contribution is 2.24. The Morgan fingerprint density at radius 1 is 1.47 bits per heavy atom. The van der Waals surface area contributed by atoms with Crippen LogP contribution in [0.25, 0.3) is 0 Å². The predicted octanol–water partition coefficient (Wildman–Crippen LogP) is 3.28. The van der Waals surface area contributed by atoms with Crippen molar-refractivity contribution in [2.75, 3.05) is 13.1 Å². The fourth-order valence-electron chi connectivity index (χ4n) is 2.19. The van der Waals surface area contributed by atoms with Crippen LogP contribution in [0.5, 0.6) is 0 Å². The molecular weight excluding hydrogens is 300 g/mol. The normalized spacial score (nSPS) is 26.1. The first-order valence-corrected chi connectivity index (χ1v) is 7.14. The number of benzene rings is 1. The molecule has 1 aromatic rings. The summed E-state index contributed by atoms with van der Waals surface area (Å²) in [6.07, 6.45) is 0. The molecule has 4 heteroatoms. The minimum Gasteiger partial charge on any atom is -0.311 e. The van der Waals surface area contributed by atoms with Gasteiger partial charge in [0.15, 0.2) is 0 Å². The average Bonchev–Trinajstić information content (AvgIpc) is 2.29. The van der Waals surface area contributed by atoms with Crippen LogP contribution in [0.3, 0.4) is 0 Å². The zero-order chi connectivity index (χ0) is 12.4. The Hall–Kier alpha value is -0.0900. The van der Waals surface area contributed by atoms with E-state index in [1.54, 1.807) is 0 Å². The summed E-state index contributed by atoms with van der Waals surface area (Å²) < 4.78 is 0.963. The van der Waals surface area contributed by atoms with Crippen LogP contribution < -0.4 is 5.32 Å². The second-order valence-corrected chi connectivity index (χ2v) is 6.10. The van der Waals surface area contributed by atoms with Crippen LogP contribution in [0, 0.1) is 0 Å². The van der Waals surface area contributed by atoms with E-state index >= 15 is 0 Å². The molecule has 0 amide bonds. The quantitative estimate of drug-likeness (QED) is 0.900. The molecule has 1 heterocycles. The third kappa shape index (κ3) is 3.44. The van der Waals surface area contributed by atoms with Gasteiger partial charge in [0.1, 0.15) is 0 Å². The molecule has 94 valence electrons. The van der Waals surface area contributed by atoms with Crippen LogP contribution in [0.4, 0.5) is 0 Å². The van der Waals surface area contributed by atoms with E-state index in [9.17, 15) is 0 Å². The van der Waals surface area contributed by atoms with Gasteiger partial charge in [-0.25, -0.2) is 0 Å². The highest BCUT2D eigenvalue weighted by molar-refractivity contribution is 9.10. The standard InChI is InChI=1S/C13H18BrClN2/c1-9-7-17(10(2)6-16-9)8-11-3-4-12(14)13(15)5-11/h3-5,9-10,16H,6-8H2,1-2H3. The maximum Gasteiger partial charge on any atom is 0.0551 e. The van der Waals surface area contributed by atoms with Crippen LogP contribution >= 0.6 is 27.5 Å². The van der Waals surface area contributed by atoms with E-state index in [2.05, 4.69) is 46.1 Å². The lowest BCUT2D eigenvalue weighted by molar-refractivity contribution is 0.139. The predicted molar refractivity (Wildman–Crippen MR) is 76.5 cm³/mol. The molecule has 0 bridgehead atoms. The lowest BCUT2D eigenvalue weighted by Crippen LogP contribution is -2.53. The summed E-state index contributed by atoms with van der Waals surface area (Å²) in [5.74, 6) is 0. The molecule has 2 rings (SSSR count). The topological polar surface area (TPSA) is 15.3 Å². The van der Waals surface area contributed by atoms with Crippen molar-refractivity contribution in [3.63, 3.8) is 0 Å². The van der Waals surface area contributed by atoms with E-state index in [4.69, 9.17) is 11.6 Å². The van der Waals surface area contributed by atoms with Gasteiger partial charge in [-0.1, -0.05) is 17.7 Å². The Morgan fingerprint density at radius 3 is 2.94 bits per heavy atom. The average molecular weight is 318 g/mol. The van der Waals surface area contributed by atoms with Crippen LogP contribution in [-0.4, -0.2) is 30.1 Å². The van der Waals surface area contributed by atoms with Crippen molar-refractivity contribution in [3.8, 4) is 0 Å². The van der Waals surface area contributed by atoms with E-state index in [1.807, 2.05) is 12.1 Å². The molecule has 0 radical (unpaired) electrons. The first-order valence-electron chi connectivity index (χ1n) is 5.97. The summed E-state index contributed by atoms with van der Waals surface area (Å²) in [6.45, 7) is 7.62. The van der Waals surface area contributed by atoms with Crippen LogP contribution in [0.1, 0.15) is 19.4 Å². The molecule has 0 aliphatic carbocycles. The fourth-order valence-corrected chi connectivity index (χ4v) is 2.64. The molecule has 0 saturated carbocycles. The van der Waals surface area contributed by atoms with Gasteiger partial charge in [0.2, 0.25) is 0 Å².